The molecule has 6 heteroatoms. The number of nitrogens with zero attached hydrogens (tertiary/aromatic N) is 2. The van der Waals surface area contributed by atoms with Gasteiger partial charge in [0, 0.05) is 18.1 Å². The second-order valence-electron chi connectivity index (χ2n) is 7.43. The van der Waals surface area contributed by atoms with E-state index in [9.17, 15) is 14.4 Å². The number of halogens is 1. The van der Waals surface area contributed by atoms with E-state index >= 15 is 0 Å². The van der Waals surface area contributed by atoms with Gasteiger partial charge in [0.15, 0.2) is 5.78 Å². The van der Waals surface area contributed by atoms with Crippen molar-refractivity contribution in [3.05, 3.63) is 59.7 Å². The molecule has 0 bridgehead atoms. The second-order valence-corrected chi connectivity index (χ2v) is 7.43. The zero-order chi connectivity index (χ0) is 20.5. The van der Waals surface area contributed by atoms with Crippen molar-refractivity contribution in [2.24, 2.45) is 5.41 Å². The molecule has 1 atom stereocenters. The number of hydrogen-bond acceptors (Lipinski definition) is 5. The first kappa shape index (κ1) is 19.7. The van der Waals surface area contributed by atoms with Crippen LogP contribution in [0.5, 0.6) is 5.75 Å². The SMILES string of the molecule is COc1ccc(-c2cc(F)cnc2C2(OC)C=C(C#N)C(=O)C(C)(C)C2)cc1. The Hall–Kier alpha value is -3.04. The van der Waals surface area contributed by atoms with Crippen LogP contribution in [-0.2, 0) is 15.1 Å². The van der Waals surface area contributed by atoms with Gasteiger partial charge in [0.05, 0.1) is 24.6 Å². The van der Waals surface area contributed by atoms with Gasteiger partial charge in [0.2, 0.25) is 0 Å². The van der Waals surface area contributed by atoms with Crippen molar-refractivity contribution >= 4 is 5.78 Å². The third-order valence-corrected chi connectivity index (χ3v) is 5.08. The van der Waals surface area contributed by atoms with E-state index in [-0.39, 0.29) is 17.8 Å². The molecule has 1 heterocycles. The van der Waals surface area contributed by atoms with Crippen LogP contribution in [0.25, 0.3) is 11.1 Å². The Balaban J connectivity index is 2.25. The van der Waals surface area contributed by atoms with Crippen molar-refractivity contribution < 1.29 is 18.7 Å². The van der Waals surface area contributed by atoms with Crippen molar-refractivity contribution in [3.8, 4) is 22.9 Å². The second kappa shape index (κ2) is 7.17. The largest absolute Gasteiger partial charge is 0.497 e. The Morgan fingerprint density at radius 2 is 1.89 bits per heavy atom. The van der Waals surface area contributed by atoms with Crippen molar-refractivity contribution in [1.82, 2.24) is 4.98 Å². The van der Waals surface area contributed by atoms with Crippen LogP contribution in [0.4, 0.5) is 4.39 Å². The molecule has 5 nitrogen and oxygen atoms in total. The number of benzene rings is 1. The summed E-state index contributed by atoms with van der Waals surface area (Å²) in [5.41, 5.74) is -0.238. The van der Waals surface area contributed by atoms with Crippen LogP contribution in [0.3, 0.4) is 0 Å². The van der Waals surface area contributed by atoms with Crippen LogP contribution >= 0.6 is 0 Å². The summed E-state index contributed by atoms with van der Waals surface area (Å²) in [6.07, 6.45) is 2.91. The molecule has 1 aliphatic carbocycles. The molecular weight excluding hydrogens is 359 g/mol. The Kier molecular flexibility index (Phi) is 5.05. The molecule has 0 fully saturated rings. The van der Waals surface area contributed by atoms with Crippen LogP contribution in [-0.4, -0.2) is 25.0 Å². The molecule has 0 saturated heterocycles. The van der Waals surface area contributed by atoms with Gasteiger partial charge >= 0.3 is 0 Å². The Bertz CT molecular complexity index is 990. The lowest BCUT2D eigenvalue weighted by molar-refractivity contribution is -0.128. The Morgan fingerprint density at radius 3 is 2.46 bits per heavy atom. The van der Waals surface area contributed by atoms with Gasteiger partial charge in [0.25, 0.3) is 0 Å². The fourth-order valence-corrected chi connectivity index (χ4v) is 3.68. The van der Waals surface area contributed by atoms with E-state index in [1.807, 2.05) is 6.07 Å². The molecule has 3 rings (SSSR count). The molecule has 1 aliphatic rings. The van der Waals surface area contributed by atoms with Crippen LogP contribution in [0.15, 0.2) is 48.2 Å². The van der Waals surface area contributed by atoms with Gasteiger partial charge in [-0.1, -0.05) is 26.0 Å². The van der Waals surface area contributed by atoms with E-state index < -0.39 is 16.8 Å². The van der Waals surface area contributed by atoms with Gasteiger partial charge in [-0.15, -0.1) is 0 Å². The minimum Gasteiger partial charge on any atom is -0.497 e. The Labute approximate surface area is 163 Å². The van der Waals surface area contributed by atoms with Crippen LogP contribution in [0.2, 0.25) is 0 Å². The highest BCUT2D eigenvalue weighted by atomic mass is 19.1. The van der Waals surface area contributed by atoms with Crippen LogP contribution in [0, 0.1) is 22.6 Å². The lowest BCUT2D eigenvalue weighted by Crippen LogP contribution is -2.42. The summed E-state index contributed by atoms with van der Waals surface area (Å²) in [5, 5.41) is 9.47. The normalized spacial score (nSPS) is 21.0. The number of carbonyl (C=O) groups is 1. The maximum atomic E-state index is 14.1. The summed E-state index contributed by atoms with van der Waals surface area (Å²) in [6, 6.07) is 10.5. The number of methoxy groups -OCH3 is 2. The number of allylic oxidation sites excluding steroid dienone is 1. The fourth-order valence-electron chi connectivity index (χ4n) is 3.68. The predicted molar refractivity (Wildman–Crippen MR) is 102 cm³/mol. The first-order valence-corrected chi connectivity index (χ1v) is 8.80. The number of Topliss-reactive ketones (excluding diaryl/α,β-unsaturated/α-hetero) is 1. The minimum absolute atomic E-state index is 0.0184. The highest BCUT2D eigenvalue weighted by molar-refractivity contribution is 6.04. The number of nitriles is 1. The fraction of sp³-hybridized carbons (Fsp3) is 0.318. The summed E-state index contributed by atoms with van der Waals surface area (Å²) in [4.78, 5) is 16.9. The van der Waals surface area contributed by atoms with Gasteiger partial charge in [-0.05, 0) is 36.3 Å². The van der Waals surface area contributed by atoms with Crippen molar-refractivity contribution in [3.63, 3.8) is 0 Å². The molecule has 144 valence electrons. The molecule has 0 spiro atoms. The number of pyridine rings is 1. The third-order valence-electron chi connectivity index (χ3n) is 5.08. The first-order valence-electron chi connectivity index (χ1n) is 8.80. The van der Waals surface area contributed by atoms with Gasteiger partial charge in [-0.3, -0.25) is 9.78 Å². The Morgan fingerprint density at radius 1 is 1.21 bits per heavy atom. The zero-order valence-electron chi connectivity index (χ0n) is 16.2. The van der Waals surface area contributed by atoms with E-state index in [1.54, 1.807) is 45.2 Å². The van der Waals surface area contributed by atoms with E-state index in [2.05, 4.69) is 4.98 Å². The molecule has 0 aliphatic heterocycles. The van der Waals surface area contributed by atoms with E-state index in [0.717, 1.165) is 11.8 Å². The molecule has 1 aromatic heterocycles. The maximum absolute atomic E-state index is 14.1. The topological polar surface area (TPSA) is 72.2 Å². The minimum atomic E-state index is -1.13. The lowest BCUT2D eigenvalue weighted by atomic mass is 9.68. The molecule has 0 radical (unpaired) electrons. The summed E-state index contributed by atoms with van der Waals surface area (Å²) in [5.74, 6) is -0.0561. The maximum Gasteiger partial charge on any atom is 0.178 e. The van der Waals surface area contributed by atoms with E-state index in [0.29, 0.717) is 17.0 Å². The molecule has 0 amide bonds. The van der Waals surface area contributed by atoms with Gasteiger partial charge in [0.1, 0.15) is 23.2 Å². The number of ether oxygens (including phenoxy) is 2. The zero-order valence-corrected chi connectivity index (χ0v) is 16.2. The molecule has 0 saturated carbocycles. The number of ketones is 1. The monoisotopic (exact) mass is 380 g/mol. The van der Waals surface area contributed by atoms with Crippen LogP contribution < -0.4 is 4.74 Å². The average Bonchev–Trinajstić information content (AvgIpc) is 2.70. The molecule has 1 unspecified atom stereocenters. The lowest BCUT2D eigenvalue weighted by Gasteiger charge is -2.40. The summed E-state index contributed by atoms with van der Waals surface area (Å²) in [7, 11) is 3.07. The van der Waals surface area contributed by atoms with Crippen LogP contribution in [0.1, 0.15) is 26.0 Å². The standard InChI is InChI=1S/C22H21FN2O3/c1-21(2)13-22(28-4,10-15(11-24)20(21)26)19-18(9-16(23)12-25-19)14-5-7-17(27-3)8-6-14/h5-10,12H,13H2,1-4H3. The molecule has 1 aromatic carbocycles. The number of rotatable bonds is 4. The van der Waals surface area contributed by atoms with Crippen molar-refractivity contribution in [1.29, 1.82) is 5.26 Å². The highest BCUT2D eigenvalue weighted by Crippen LogP contribution is 2.47. The third kappa shape index (κ3) is 3.30. The van der Waals surface area contributed by atoms with Gasteiger partial charge in [-0.25, -0.2) is 4.39 Å². The quantitative estimate of drug-likeness (QED) is 0.795. The smallest absolute Gasteiger partial charge is 0.178 e. The van der Waals surface area contributed by atoms with Gasteiger partial charge < -0.3 is 9.47 Å². The first-order chi connectivity index (χ1) is 13.3. The predicted octanol–water partition coefficient (Wildman–Crippen LogP) is 4.19. The van der Waals surface area contributed by atoms with Gasteiger partial charge in [-0.2, -0.15) is 5.26 Å². The summed E-state index contributed by atoms with van der Waals surface area (Å²) >= 11 is 0. The number of carbonyl (C=O) groups excluding carboxylic acids is 1. The molecule has 0 N–H and O–H groups in total. The number of aromatic nitrogens is 1. The summed E-state index contributed by atoms with van der Waals surface area (Å²) in [6.45, 7) is 3.54. The number of hydrogen-bond donors (Lipinski definition) is 0. The average molecular weight is 380 g/mol. The molecule has 2 aromatic rings. The van der Waals surface area contributed by atoms with Crippen molar-refractivity contribution in [2.45, 2.75) is 25.9 Å². The summed E-state index contributed by atoms with van der Waals surface area (Å²) < 4.78 is 25.1. The highest BCUT2D eigenvalue weighted by Gasteiger charge is 2.48. The van der Waals surface area contributed by atoms with E-state index in [4.69, 9.17) is 9.47 Å². The molecular formula is C22H21FN2O3. The van der Waals surface area contributed by atoms with E-state index in [1.165, 1.54) is 19.3 Å². The molecule has 28 heavy (non-hydrogen) atoms. The van der Waals surface area contributed by atoms with Crippen molar-refractivity contribution in [2.75, 3.05) is 14.2 Å².